The molecule has 0 saturated heterocycles. The highest BCUT2D eigenvalue weighted by atomic mass is 19.4. The molecular formula is C17H20F3NO3. The molecule has 2 N–H and O–H groups in total. The highest BCUT2D eigenvalue weighted by Crippen LogP contribution is 2.15. The van der Waals surface area contributed by atoms with Gasteiger partial charge in [-0.25, -0.2) is 0 Å². The van der Waals surface area contributed by atoms with Gasteiger partial charge in [0.2, 0.25) is 0 Å². The summed E-state index contributed by atoms with van der Waals surface area (Å²) in [6, 6.07) is 6.65. The van der Waals surface area contributed by atoms with Crippen LogP contribution in [0.3, 0.4) is 0 Å². The number of amides is 1. The van der Waals surface area contributed by atoms with Gasteiger partial charge in [-0.3, -0.25) is 4.79 Å². The van der Waals surface area contributed by atoms with Gasteiger partial charge in [-0.15, -0.1) is 0 Å². The van der Waals surface area contributed by atoms with Gasteiger partial charge in [0.15, 0.2) is 0 Å². The first-order chi connectivity index (χ1) is 11.1. The van der Waals surface area contributed by atoms with Gasteiger partial charge in [-0.2, -0.15) is 13.2 Å². The topological polar surface area (TPSA) is 58.6 Å². The van der Waals surface area contributed by atoms with E-state index in [2.05, 4.69) is 11.8 Å². The SMILES string of the molecule is CCCC(C)(O)C#Cc1cccc(OCCNC(=O)C(F)(F)F)c1. The molecule has 0 bridgehead atoms. The van der Waals surface area contributed by atoms with Gasteiger partial charge in [0, 0.05) is 5.56 Å². The second kappa shape index (κ2) is 8.60. The number of benzene rings is 1. The molecule has 1 rings (SSSR count). The van der Waals surface area contributed by atoms with E-state index in [0.717, 1.165) is 6.42 Å². The van der Waals surface area contributed by atoms with Crippen LogP contribution in [0.5, 0.6) is 5.75 Å². The van der Waals surface area contributed by atoms with Crippen molar-refractivity contribution in [3.63, 3.8) is 0 Å². The largest absolute Gasteiger partial charge is 0.492 e. The third-order valence-electron chi connectivity index (χ3n) is 2.96. The lowest BCUT2D eigenvalue weighted by Crippen LogP contribution is -2.38. The maximum absolute atomic E-state index is 12.0. The Morgan fingerprint density at radius 2 is 2.08 bits per heavy atom. The Balaban J connectivity index is 2.55. The number of hydrogen-bond donors (Lipinski definition) is 2. The van der Waals surface area contributed by atoms with Crippen molar-refractivity contribution in [2.45, 2.75) is 38.5 Å². The summed E-state index contributed by atoms with van der Waals surface area (Å²) in [6.45, 7) is 3.21. The third-order valence-corrected chi connectivity index (χ3v) is 2.96. The normalized spacial score (nSPS) is 13.4. The molecule has 4 nitrogen and oxygen atoms in total. The second-order valence-corrected chi connectivity index (χ2v) is 5.40. The van der Waals surface area contributed by atoms with Crippen molar-refractivity contribution in [3.05, 3.63) is 29.8 Å². The van der Waals surface area contributed by atoms with E-state index in [-0.39, 0.29) is 13.2 Å². The molecule has 0 saturated carbocycles. The van der Waals surface area contributed by atoms with Crippen LogP contribution in [0.1, 0.15) is 32.3 Å². The molecule has 1 unspecified atom stereocenters. The molecule has 1 atom stereocenters. The van der Waals surface area contributed by atoms with E-state index in [1.54, 1.807) is 36.5 Å². The fourth-order valence-electron chi connectivity index (χ4n) is 1.85. The van der Waals surface area contributed by atoms with Gasteiger partial charge in [-0.05, 0) is 31.5 Å². The molecule has 0 aliphatic rings. The Labute approximate surface area is 139 Å². The standard InChI is InChI=1S/C17H20F3NO3/c1-3-8-16(2,23)9-7-13-5-4-6-14(12-13)24-11-10-21-15(22)17(18,19)20/h4-6,12,23H,3,8,10-11H2,1-2H3,(H,21,22). The van der Waals surface area contributed by atoms with Gasteiger partial charge in [0.25, 0.3) is 0 Å². The Bertz CT molecular complexity index is 615. The Morgan fingerprint density at radius 3 is 2.71 bits per heavy atom. The molecule has 0 spiro atoms. The fourth-order valence-corrected chi connectivity index (χ4v) is 1.85. The molecule has 0 aromatic heterocycles. The van der Waals surface area contributed by atoms with Crippen molar-refractivity contribution in [3.8, 4) is 17.6 Å². The molecule has 24 heavy (non-hydrogen) atoms. The maximum Gasteiger partial charge on any atom is 0.471 e. The number of ether oxygens (including phenoxy) is 1. The number of aliphatic hydroxyl groups is 1. The van der Waals surface area contributed by atoms with Crippen LogP contribution in [0.25, 0.3) is 0 Å². The van der Waals surface area contributed by atoms with Crippen molar-refractivity contribution in [1.29, 1.82) is 0 Å². The van der Waals surface area contributed by atoms with Gasteiger partial charge >= 0.3 is 12.1 Å². The smallest absolute Gasteiger partial charge is 0.471 e. The molecule has 0 radical (unpaired) electrons. The van der Waals surface area contributed by atoms with Crippen LogP contribution in [-0.2, 0) is 4.79 Å². The quantitative estimate of drug-likeness (QED) is 0.617. The van der Waals surface area contributed by atoms with E-state index in [0.29, 0.717) is 17.7 Å². The number of hydrogen-bond acceptors (Lipinski definition) is 3. The summed E-state index contributed by atoms with van der Waals surface area (Å²) in [5.74, 6) is 4.03. The van der Waals surface area contributed by atoms with Crippen LogP contribution in [0, 0.1) is 11.8 Å². The van der Waals surface area contributed by atoms with Crippen molar-refractivity contribution >= 4 is 5.91 Å². The number of halogens is 3. The van der Waals surface area contributed by atoms with Crippen LogP contribution < -0.4 is 10.1 Å². The molecule has 1 aromatic rings. The van der Waals surface area contributed by atoms with Crippen LogP contribution in [0.4, 0.5) is 13.2 Å². The van der Waals surface area contributed by atoms with E-state index >= 15 is 0 Å². The molecule has 1 amide bonds. The minimum absolute atomic E-state index is 0.105. The molecule has 0 aliphatic heterocycles. The first kappa shape index (κ1) is 19.8. The summed E-state index contributed by atoms with van der Waals surface area (Å²) in [5, 5.41) is 11.7. The molecule has 0 fully saturated rings. The summed E-state index contributed by atoms with van der Waals surface area (Å²) in [5.41, 5.74) is -0.462. The van der Waals surface area contributed by atoms with E-state index in [1.807, 2.05) is 6.92 Å². The zero-order chi connectivity index (χ0) is 18.2. The molecule has 132 valence electrons. The third kappa shape index (κ3) is 7.38. The predicted octanol–water partition coefficient (Wildman–Crippen LogP) is 2.65. The zero-order valence-electron chi connectivity index (χ0n) is 13.5. The lowest BCUT2D eigenvalue weighted by Gasteiger charge is -2.14. The van der Waals surface area contributed by atoms with Crippen LogP contribution >= 0.6 is 0 Å². The Morgan fingerprint density at radius 1 is 1.38 bits per heavy atom. The summed E-state index contributed by atoms with van der Waals surface area (Å²) in [6.07, 6.45) is -3.55. The Kier molecular flexibility index (Phi) is 7.11. The zero-order valence-corrected chi connectivity index (χ0v) is 13.5. The molecule has 7 heteroatoms. The molecule has 0 heterocycles. The minimum atomic E-state index is -4.90. The average Bonchev–Trinajstić information content (AvgIpc) is 2.49. The summed E-state index contributed by atoms with van der Waals surface area (Å²) in [4.78, 5) is 10.6. The summed E-state index contributed by atoms with van der Waals surface area (Å²) in [7, 11) is 0. The van der Waals surface area contributed by atoms with Crippen LogP contribution in [0.15, 0.2) is 24.3 Å². The lowest BCUT2D eigenvalue weighted by molar-refractivity contribution is -0.173. The first-order valence-corrected chi connectivity index (χ1v) is 7.47. The second-order valence-electron chi connectivity index (χ2n) is 5.40. The summed E-state index contributed by atoms with van der Waals surface area (Å²) >= 11 is 0. The number of rotatable bonds is 6. The number of carbonyl (C=O) groups is 1. The Hall–Kier alpha value is -2.20. The highest BCUT2D eigenvalue weighted by Gasteiger charge is 2.38. The number of nitrogens with one attached hydrogen (secondary N) is 1. The lowest BCUT2D eigenvalue weighted by atomic mass is 10.0. The van der Waals surface area contributed by atoms with Gasteiger partial charge in [-0.1, -0.05) is 31.3 Å². The van der Waals surface area contributed by atoms with Crippen molar-refractivity contribution in [2.75, 3.05) is 13.2 Å². The molecular weight excluding hydrogens is 323 g/mol. The molecule has 0 aliphatic carbocycles. The number of alkyl halides is 3. The van der Waals surface area contributed by atoms with Crippen LogP contribution in [-0.4, -0.2) is 35.9 Å². The van der Waals surface area contributed by atoms with Crippen molar-refractivity contribution < 1.29 is 27.8 Å². The fraction of sp³-hybridized carbons (Fsp3) is 0.471. The van der Waals surface area contributed by atoms with E-state index in [9.17, 15) is 23.1 Å². The van der Waals surface area contributed by atoms with Gasteiger partial charge in [0.05, 0.1) is 6.54 Å². The minimum Gasteiger partial charge on any atom is -0.492 e. The van der Waals surface area contributed by atoms with Gasteiger partial charge < -0.3 is 15.2 Å². The van der Waals surface area contributed by atoms with Crippen LogP contribution in [0.2, 0.25) is 0 Å². The average molecular weight is 343 g/mol. The number of carbonyl (C=O) groups excluding carboxylic acids is 1. The predicted molar refractivity (Wildman–Crippen MR) is 83.4 cm³/mol. The van der Waals surface area contributed by atoms with E-state index in [1.165, 1.54) is 0 Å². The highest BCUT2D eigenvalue weighted by molar-refractivity contribution is 5.81. The van der Waals surface area contributed by atoms with Gasteiger partial charge in [0.1, 0.15) is 18.0 Å². The first-order valence-electron chi connectivity index (χ1n) is 7.47. The summed E-state index contributed by atoms with van der Waals surface area (Å²) < 4.78 is 41.3. The van der Waals surface area contributed by atoms with Crippen molar-refractivity contribution in [2.24, 2.45) is 0 Å². The van der Waals surface area contributed by atoms with E-state index < -0.39 is 17.7 Å². The van der Waals surface area contributed by atoms with Crippen molar-refractivity contribution in [1.82, 2.24) is 5.32 Å². The van der Waals surface area contributed by atoms with E-state index in [4.69, 9.17) is 4.74 Å². The molecule has 1 aromatic carbocycles. The monoisotopic (exact) mass is 343 g/mol. The maximum atomic E-state index is 12.0.